The summed E-state index contributed by atoms with van der Waals surface area (Å²) < 4.78 is 39.3. The Balaban J connectivity index is 1.88. The van der Waals surface area contributed by atoms with Crippen molar-refractivity contribution >= 4 is 23.6 Å². The molecule has 0 aromatic heterocycles. The lowest BCUT2D eigenvalue weighted by Crippen LogP contribution is -2.60. The number of halogens is 3. The van der Waals surface area contributed by atoms with Crippen molar-refractivity contribution < 1.29 is 32.3 Å². The zero-order chi connectivity index (χ0) is 29.6. The van der Waals surface area contributed by atoms with Crippen LogP contribution in [0.3, 0.4) is 0 Å². The first kappa shape index (κ1) is 30.7. The number of alkyl halides is 3. The largest absolute Gasteiger partial charge is 0.471 e. The van der Waals surface area contributed by atoms with Crippen molar-refractivity contribution in [3.8, 4) is 6.07 Å². The van der Waals surface area contributed by atoms with Crippen molar-refractivity contribution in [3.05, 3.63) is 0 Å². The number of hydrogen-bond donors (Lipinski definition) is 3. The molecule has 0 aromatic rings. The van der Waals surface area contributed by atoms with Gasteiger partial charge in [0.15, 0.2) is 0 Å². The maximum absolute atomic E-state index is 13.8. The third-order valence-corrected chi connectivity index (χ3v) is 8.44. The van der Waals surface area contributed by atoms with E-state index in [1.54, 1.807) is 20.8 Å². The predicted molar refractivity (Wildman–Crippen MR) is 135 cm³/mol. The summed E-state index contributed by atoms with van der Waals surface area (Å²) in [4.78, 5) is 53.1. The standard InChI is InChI=1S/C27H40F3N5O4/c1-24(2,3)19(33-23(39)27(28,29)30)22(38)35-14-26(6)10-8-7-9-17(26)18(35)21(37)32-16(13-31)11-15-12-25(4,5)34-20(15)36/h15-19H,7-12,14H2,1-6H3,(H,32,37)(H,33,39)(H,34,36)/t15-,16+,17-,18+,19-,26+/m1/s1. The SMILES string of the molecule is CC1(C)C[C@@H](C[C@@H](C#N)NC(=O)[C@@H]2[C@H]3CCCC[C@@]3(C)CN2C(=O)[C@@H](NC(=O)C(F)(F)F)C(C)(C)C)C(=O)N1. The fraction of sp³-hybridized carbons (Fsp3) is 0.815. The summed E-state index contributed by atoms with van der Waals surface area (Å²) in [5.41, 5.74) is -1.94. The van der Waals surface area contributed by atoms with Gasteiger partial charge in [-0.3, -0.25) is 19.2 Å². The minimum atomic E-state index is -5.17. The Morgan fingerprint density at radius 2 is 1.79 bits per heavy atom. The summed E-state index contributed by atoms with van der Waals surface area (Å²) in [6, 6.07) is -1.48. The maximum Gasteiger partial charge on any atom is 0.471 e. The third-order valence-electron chi connectivity index (χ3n) is 8.44. The van der Waals surface area contributed by atoms with Gasteiger partial charge in [0.25, 0.3) is 0 Å². The van der Waals surface area contributed by atoms with Crippen LogP contribution in [0.1, 0.15) is 80.1 Å². The average Bonchev–Trinajstić information content (AvgIpc) is 3.25. The van der Waals surface area contributed by atoms with Crippen LogP contribution >= 0.6 is 0 Å². The summed E-state index contributed by atoms with van der Waals surface area (Å²) in [7, 11) is 0. The summed E-state index contributed by atoms with van der Waals surface area (Å²) in [6.07, 6.45) is -1.47. The molecular weight excluding hydrogens is 515 g/mol. The molecule has 12 heteroatoms. The van der Waals surface area contributed by atoms with Crippen LogP contribution < -0.4 is 16.0 Å². The number of amides is 4. The van der Waals surface area contributed by atoms with Gasteiger partial charge in [-0.25, -0.2) is 0 Å². The Morgan fingerprint density at radius 3 is 2.31 bits per heavy atom. The van der Waals surface area contributed by atoms with Crippen LogP contribution in [0.15, 0.2) is 0 Å². The van der Waals surface area contributed by atoms with Crippen molar-refractivity contribution in [3.63, 3.8) is 0 Å². The Hall–Kier alpha value is -2.84. The zero-order valence-electron chi connectivity index (χ0n) is 23.5. The van der Waals surface area contributed by atoms with E-state index in [9.17, 15) is 37.6 Å². The van der Waals surface area contributed by atoms with Crippen LogP contribution in [0.4, 0.5) is 13.2 Å². The summed E-state index contributed by atoms with van der Waals surface area (Å²) in [5, 5.41) is 17.2. The zero-order valence-corrected chi connectivity index (χ0v) is 23.5. The predicted octanol–water partition coefficient (Wildman–Crippen LogP) is 2.80. The lowest BCUT2D eigenvalue weighted by atomic mass is 9.67. The van der Waals surface area contributed by atoms with Crippen molar-refractivity contribution in [1.29, 1.82) is 5.26 Å². The maximum atomic E-state index is 13.8. The van der Waals surface area contributed by atoms with Gasteiger partial charge in [-0.15, -0.1) is 0 Å². The number of fused-ring (bicyclic) bond motifs is 1. The molecule has 2 aliphatic heterocycles. The average molecular weight is 556 g/mol. The topological polar surface area (TPSA) is 131 Å². The smallest absolute Gasteiger partial charge is 0.351 e. The molecule has 0 unspecified atom stereocenters. The molecule has 1 aliphatic carbocycles. The molecule has 0 radical (unpaired) electrons. The van der Waals surface area contributed by atoms with Crippen molar-refractivity contribution in [1.82, 2.24) is 20.9 Å². The van der Waals surface area contributed by atoms with E-state index in [4.69, 9.17) is 0 Å². The number of nitrogens with one attached hydrogen (secondary N) is 3. The van der Waals surface area contributed by atoms with Gasteiger partial charge in [-0.1, -0.05) is 40.5 Å². The van der Waals surface area contributed by atoms with E-state index < -0.39 is 64.3 Å². The number of nitriles is 1. The minimum absolute atomic E-state index is 0.104. The quantitative estimate of drug-likeness (QED) is 0.464. The van der Waals surface area contributed by atoms with E-state index in [-0.39, 0.29) is 24.8 Å². The van der Waals surface area contributed by atoms with Crippen molar-refractivity contribution in [2.75, 3.05) is 6.54 Å². The van der Waals surface area contributed by atoms with Crippen LogP contribution in [0.5, 0.6) is 0 Å². The number of nitrogens with zero attached hydrogens (tertiary/aromatic N) is 2. The second-order valence-electron chi connectivity index (χ2n) is 13.4. The highest BCUT2D eigenvalue weighted by molar-refractivity contribution is 5.94. The van der Waals surface area contributed by atoms with E-state index in [0.29, 0.717) is 12.8 Å². The van der Waals surface area contributed by atoms with Gasteiger partial charge in [0.2, 0.25) is 17.7 Å². The molecule has 218 valence electrons. The Bertz CT molecular complexity index is 1050. The van der Waals surface area contributed by atoms with Gasteiger partial charge in [-0.2, -0.15) is 18.4 Å². The minimum Gasteiger partial charge on any atom is -0.351 e. The van der Waals surface area contributed by atoms with Crippen LogP contribution in [0, 0.1) is 34.0 Å². The molecule has 2 heterocycles. The monoisotopic (exact) mass is 555 g/mol. The van der Waals surface area contributed by atoms with Gasteiger partial charge >= 0.3 is 12.1 Å². The molecule has 6 atom stereocenters. The van der Waals surface area contributed by atoms with Crippen molar-refractivity contribution in [2.45, 2.75) is 110 Å². The summed E-state index contributed by atoms with van der Waals surface area (Å²) in [6.45, 7) is 10.5. The number of rotatable bonds is 6. The molecule has 0 aromatic carbocycles. The molecular formula is C27H40F3N5O4. The first-order chi connectivity index (χ1) is 17.8. The fourth-order valence-electron chi connectivity index (χ4n) is 6.50. The van der Waals surface area contributed by atoms with Crippen LogP contribution in [-0.4, -0.2) is 64.9 Å². The van der Waals surface area contributed by atoms with E-state index in [0.717, 1.165) is 19.3 Å². The molecule has 3 aliphatic rings. The number of likely N-dealkylation sites (tertiary alicyclic amines) is 1. The number of carbonyl (C=O) groups excluding carboxylic acids is 4. The molecule has 0 bridgehead atoms. The first-order valence-electron chi connectivity index (χ1n) is 13.5. The molecule has 3 fully saturated rings. The molecule has 1 saturated carbocycles. The van der Waals surface area contributed by atoms with Gasteiger partial charge in [0, 0.05) is 18.0 Å². The summed E-state index contributed by atoms with van der Waals surface area (Å²) >= 11 is 0. The highest BCUT2D eigenvalue weighted by Gasteiger charge is 2.57. The molecule has 0 spiro atoms. The molecule has 3 N–H and O–H groups in total. The van der Waals surface area contributed by atoms with E-state index >= 15 is 0 Å². The third kappa shape index (κ3) is 6.67. The van der Waals surface area contributed by atoms with E-state index in [1.165, 1.54) is 4.90 Å². The molecule has 9 nitrogen and oxygen atoms in total. The second kappa shape index (κ2) is 10.6. The Kier molecular flexibility index (Phi) is 8.36. The lowest BCUT2D eigenvalue weighted by molar-refractivity contribution is -0.176. The number of hydrogen-bond acceptors (Lipinski definition) is 5. The normalized spacial score (nSPS) is 30.0. The molecule has 39 heavy (non-hydrogen) atoms. The highest BCUT2D eigenvalue weighted by Crippen LogP contribution is 2.50. The van der Waals surface area contributed by atoms with Gasteiger partial charge in [0.1, 0.15) is 18.1 Å². The summed E-state index contributed by atoms with van der Waals surface area (Å²) in [5.74, 6) is -4.47. The molecule has 4 amide bonds. The molecule has 3 rings (SSSR count). The Morgan fingerprint density at radius 1 is 1.15 bits per heavy atom. The van der Waals surface area contributed by atoms with Gasteiger partial charge in [-0.05, 0) is 56.3 Å². The van der Waals surface area contributed by atoms with E-state index in [2.05, 4.69) is 10.6 Å². The Labute approximate surface area is 227 Å². The first-order valence-corrected chi connectivity index (χ1v) is 13.5. The van der Waals surface area contributed by atoms with E-state index in [1.807, 2.05) is 32.2 Å². The lowest BCUT2D eigenvalue weighted by Gasteiger charge is -2.37. The van der Waals surface area contributed by atoms with Gasteiger partial charge < -0.3 is 20.9 Å². The van der Waals surface area contributed by atoms with Gasteiger partial charge in [0.05, 0.1) is 6.07 Å². The second-order valence-corrected chi connectivity index (χ2v) is 13.4. The van der Waals surface area contributed by atoms with Crippen LogP contribution in [-0.2, 0) is 19.2 Å². The van der Waals surface area contributed by atoms with Crippen molar-refractivity contribution in [2.24, 2.45) is 22.7 Å². The highest BCUT2D eigenvalue weighted by atomic mass is 19.4. The van der Waals surface area contributed by atoms with Crippen LogP contribution in [0.25, 0.3) is 0 Å². The van der Waals surface area contributed by atoms with Crippen LogP contribution in [0.2, 0.25) is 0 Å². The fourth-order valence-corrected chi connectivity index (χ4v) is 6.50. The number of carbonyl (C=O) groups is 4. The molecule has 2 saturated heterocycles.